The number of hydrogen-bond donors (Lipinski definition) is 1. The van der Waals surface area contributed by atoms with Crippen LogP contribution in [0.15, 0.2) is 29.3 Å². The van der Waals surface area contributed by atoms with E-state index in [1.54, 1.807) is 7.05 Å². The molecule has 1 aromatic carbocycles. The quantitative estimate of drug-likeness (QED) is 0.814. The molecule has 1 unspecified atom stereocenters. The molecule has 3 amide bonds. The van der Waals surface area contributed by atoms with Gasteiger partial charge in [-0.1, -0.05) is 54.1 Å². The summed E-state index contributed by atoms with van der Waals surface area (Å²) in [6.07, 6.45) is 5.92. The maximum Gasteiger partial charge on any atom is 0.390 e. The molecule has 7 heteroatoms. The highest BCUT2D eigenvalue weighted by molar-refractivity contribution is 6.22. The van der Waals surface area contributed by atoms with Crippen molar-refractivity contribution in [2.45, 2.75) is 57.7 Å². The van der Waals surface area contributed by atoms with Gasteiger partial charge in [0.2, 0.25) is 11.9 Å². The first-order valence-electron chi connectivity index (χ1n) is 10.0. The summed E-state index contributed by atoms with van der Waals surface area (Å²) in [5, 5.41) is 3.58. The molecular formula is C21H28N5O2+. The molecule has 2 fully saturated rings. The molecule has 0 spiro atoms. The molecule has 1 saturated heterocycles. The Labute approximate surface area is 165 Å². The number of benzene rings is 1. The van der Waals surface area contributed by atoms with Crippen LogP contribution in [0.3, 0.4) is 0 Å². The largest absolute Gasteiger partial charge is 0.390 e. The SMILES string of the molecule is Cc1cccc(C[N+]2=C(NC3CCCCC3)N=C3C2C(=O)N(C)C(=O)N3C)c1. The first-order chi connectivity index (χ1) is 13.5. The number of imide groups is 1. The van der Waals surface area contributed by atoms with Crippen molar-refractivity contribution in [2.75, 3.05) is 14.1 Å². The molecule has 3 aliphatic rings. The number of carbonyl (C=O) groups excluding carboxylic acids is 2. The molecule has 2 heterocycles. The van der Waals surface area contributed by atoms with Gasteiger partial charge in [0.25, 0.3) is 5.91 Å². The summed E-state index contributed by atoms with van der Waals surface area (Å²) in [4.78, 5) is 32.8. The van der Waals surface area contributed by atoms with Crippen LogP contribution in [-0.4, -0.2) is 64.3 Å². The van der Waals surface area contributed by atoms with Crippen LogP contribution >= 0.6 is 0 Å². The number of amides is 3. The molecule has 2 aliphatic heterocycles. The van der Waals surface area contributed by atoms with Gasteiger partial charge in [-0.15, -0.1) is 0 Å². The lowest BCUT2D eigenvalue weighted by Crippen LogP contribution is -2.61. The summed E-state index contributed by atoms with van der Waals surface area (Å²) >= 11 is 0. The van der Waals surface area contributed by atoms with E-state index in [9.17, 15) is 9.59 Å². The van der Waals surface area contributed by atoms with E-state index in [0.717, 1.165) is 18.4 Å². The lowest BCUT2D eigenvalue weighted by atomic mass is 9.96. The second-order valence-corrected chi connectivity index (χ2v) is 8.03. The number of aliphatic imine (C=N–C) groups is 1. The number of carbonyl (C=O) groups is 2. The summed E-state index contributed by atoms with van der Waals surface area (Å²) in [5.74, 6) is 0.991. The molecule has 1 aliphatic carbocycles. The molecule has 7 nitrogen and oxygen atoms in total. The zero-order valence-corrected chi connectivity index (χ0v) is 16.8. The molecule has 0 bridgehead atoms. The molecule has 28 heavy (non-hydrogen) atoms. The predicted octanol–water partition coefficient (Wildman–Crippen LogP) is 2.09. The second-order valence-electron chi connectivity index (χ2n) is 8.03. The Morgan fingerprint density at radius 1 is 1.14 bits per heavy atom. The van der Waals surface area contributed by atoms with Gasteiger partial charge in [-0.2, -0.15) is 0 Å². The van der Waals surface area contributed by atoms with Gasteiger partial charge in [0.1, 0.15) is 0 Å². The van der Waals surface area contributed by atoms with E-state index in [0.29, 0.717) is 24.4 Å². The number of rotatable bonds is 3. The Kier molecular flexibility index (Phi) is 4.91. The molecule has 1 atom stereocenters. The van der Waals surface area contributed by atoms with Crippen molar-refractivity contribution in [1.29, 1.82) is 0 Å². The zero-order valence-electron chi connectivity index (χ0n) is 16.8. The van der Waals surface area contributed by atoms with E-state index < -0.39 is 6.04 Å². The van der Waals surface area contributed by atoms with Gasteiger partial charge in [0, 0.05) is 14.1 Å². The fourth-order valence-corrected chi connectivity index (χ4v) is 4.32. The molecule has 1 N–H and O–H groups in total. The van der Waals surface area contributed by atoms with Gasteiger partial charge in [0.05, 0.1) is 12.6 Å². The molecule has 0 aromatic heterocycles. The smallest absolute Gasteiger partial charge is 0.272 e. The number of aryl methyl sites for hydroxylation is 1. The minimum atomic E-state index is -0.570. The second kappa shape index (κ2) is 7.37. The molecule has 0 radical (unpaired) electrons. The van der Waals surface area contributed by atoms with Crippen LogP contribution < -0.4 is 5.32 Å². The topological polar surface area (TPSA) is 68.0 Å². The summed E-state index contributed by atoms with van der Waals surface area (Å²) in [5.41, 5.74) is 2.30. The van der Waals surface area contributed by atoms with Crippen molar-refractivity contribution in [3.8, 4) is 0 Å². The van der Waals surface area contributed by atoms with Crippen LogP contribution in [0.2, 0.25) is 0 Å². The number of urea groups is 1. The first kappa shape index (κ1) is 18.7. The molecule has 1 aromatic rings. The van der Waals surface area contributed by atoms with Crippen LogP contribution in [0.5, 0.6) is 0 Å². The number of nitrogens with zero attached hydrogens (tertiary/aromatic N) is 4. The Morgan fingerprint density at radius 2 is 1.89 bits per heavy atom. The minimum Gasteiger partial charge on any atom is -0.272 e. The normalized spacial score (nSPS) is 23.2. The summed E-state index contributed by atoms with van der Waals surface area (Å²) < 4.78 is 2.01. The highest BCUT2D eigenvalue weighted by atomic mass is 16.2. The molecular weight excluding hydrogens is 354 g/mol. The van der Waals surface area contributed by atoms with Crippen molar-refractivity contribution in [1.82, 2.24) is 15.1 Å². The number of amidine groups is 1. The van der Waals surface area contributed by atoms with E-state index in [2.05, 4.69) is 30.4 Å². The number of hydrogen-bond acceptors (Lipinski definition) is 4. The van der Waals surface area contributed by atoms with Crippen molar-refractivity contribution in [2.24, 2.45) is 4.99 Å². The lowest BCUT2D eigenvalue weighted by Gasteiger charge is -2.31. The monoisotopic (exact) mass is 382 g/mol. The van der Waals surface area contributed by atoms with Crippen molar-refractivity contribution >= 4 is 23.7 Å². The number of likely N-dealkylation sites (N-methyl/N-ethyl adjacent to an activating group) is 2. The highest BCUT2D eigenvalue weighted by Gasteiger charge is 2.51. The Morgan fingerprint density at radius 3 is 2.61 bits per heavy atom. The standard InChI is InChI=1S/C21H27N5O2/c1-14-8-7-9-15(12-14)13-26-17-18(24(2)21(28)25(3)19(17)27)23-20(26)22-16-10-5-4-6-11-16/h7-9,12,16-17H,4-6,10-11,13H2,1-3H3/p+1. The lowest BCUT2D eigenvalue weighted by molar-refractivity contribution is -0.553. The van der Waals surface area contributed by atoms with E-state index >= 15 is 0 Å². The van der Waals surface area contributed by atoms with Gasteiger partial charge < -0.3 is 0 Å². The van der Waals surface area contributed by atoms with Crippen molar-refractivity contribution in [3.63, 3.8) is 0 Å². The summed E-state index contributed by atoms with van der Waals surface area (Å²) in [6, 6.07) is 7.74. The van der Waals surface area contributed by atoms with E-state index in [4.69, 9.17) is 4.99 Å². The van der Waals surface area contributed by atoms with Gasteiger partial charge in [-0.25, -0.2) is 9.37 Å². The van der Waals surface area contributed by atoms with Gasteiger partial charge >= 0.3 is 12.0 Å². The van der Waals surface area contributed by atoms with E-state index in [1.165, 1.54) is 41.7 Å². The average Bonchev–Trinajstić information content (AvgIpc) is 3.03. The summed E-state index contributed by atoms with van der Waals surface area (Å²) in [7, 11) is 3.22. The third-order valence-electron chi connectivity index (χ3n) is 5.90. The fourth-order valence-electron chi connectivity index (χ4n) is 4.32. The maximum absolute atomic E-state index is 13.0. The fraction of sp³-hybridized carbons (Fsp3) is 0.524. The summed E-state index contributed by atoms with van der Waals surface area (Å²) in [6.45, 7) is 2.63. The Balaban J connectivity index is 1.70. The van der Waals surface area contributed by atoms with Gasteiger partial charge in [-0.05, 0) is 25.3 Å². The maximum atomic E-state index is 13.0. The molecule has 1 saturated carbocycles. The first-order valence-corrected chi connectivity index (χ1v) is 10.0. The van der Waals surface area contributed by atoms with Crippen molar-refractivity contribution < 1.29 is 14.2 Å². The molecule has 4 rings (SSSR count). The van der Waals surface area contributed by atoms with Gasteiger partial charge in [-0.3, -0.25) is 19.9 Å². The highest BCUT2D eigenvalue weighted by Crippen LogP contribution is 2.22. The van der Waals surface area contributed by atoms with E-state index in [1.807, 2.05) is 10.6 Å². The average molecular weight is 382 g/mol. The minimum absolute atomic E-state index is 0.227. The number of nitrogens with one attached hydrogen (secondary N) is 1. The van der Waals surface area contributed by atoms with Crippen molar-refractivity contribution in [3.05, 3.63) is 35.4 Å². The third kappa shape index (κ3) is 3.30. The van der Waals surface area contributed by atoms with E-state index in [-0.39, 0.29) is 11.9 Å². The number of fused-ring (bicyclic) bond motifs is 1. The predicted molar refractivity (Wildman–Crippen MR) is 107 cm³/mol. The number of guanidine groups is 1. The van der Waals surface area contributed by atoms with Gasteiger partial charge in [0.15, 0.2) is 0 Å². The zero-order chi connectivity index (χ0) is 19.8. The molecule has 148 valence electrons. The Hall–Kier alpha value is -2.70. The third-order valence-corrected chi connectivity index (χ3v) is 5.90. The van der Waals surface area contributed by atoms with Crippen LogP contribution in [0.4, 0.5) is 4.79 Å². The Bertz CT molecular complexity index is 869. The van der Waals surface area contributed by atoms with Crippen LogP contribution in [0, 0.1) is 6.92 Å². The van der Waals surface area contributed by atoms with Crippen LogP contribution in [0.25, 0.3) is 0 Å². The van der Waals surface area contributed by atoms with Crippen LogP contribution in [-0.2, 0) is 11.3 Å². The van der Waals surface area contributed by atoms with Crippen LogP contribution in [0.1, 0.15) is 43.2 Å².